The predicted molar refractivity (Wildman–Crippen MR) is 123 cm³/mol. The van der Waals surface area contributed by atoms with Crippen LogP contribution in [-0.2, 0) is 4.79 Å². The lowest BCUT2D eigenvalue weighted by molar-refractivity contribution is -0.124. The zero-order valence-electron chi connectivity index (χ0n) is 17.8. The van der Waals surface area contributed by atoms with E-state index >= 15 is 0 Å². The smallest absolute Gasteiger partial charge is 0.267 e. The second kappa shape index (κ2) is 9.90. The number of phenolic OH excluding ortho intramolecular Hbond substituents is 1. The van der Waals surface area contributed by atoms with Gasteiger partial charge in [-0.1, -0.05) is 50.7 Å². The molecule has 1 amide bonds. The highest BCUT2D eigenvalue weighted by Gasteiger charge is 2.39. The maximum absolute atomic E-state index is 13.4. The molecule has 0 unspecified atom stereocenters. The van der Waals surface area contributed by atoms with Gasteiger partial charge in [0.2, 0.25) is 0 Å². The monoisotopic (exact) mass is 428 g/mol. The molecule has 1 aromatic carbocycles. The number of amidine groups is 1. The maximum atomic E-state index is 13.4. The minimum Gasteiger partial charge on any atom is -0.504 e. The van der Waals surface area contributed by atoms with Crippen molar-refractivity contribution in [3.63, 3.8) is 0 Å². The van der Waals surface area contributed by atoms with Crippen molar-refractivity contribution in [1.82, 2.24) is 4.90 Å². The van der Waals surface area contributed by atoms with Crippen LogP contribution in [0.15, 0.2) is 28.1 Å². The number of aliphatic imine (C=N–C) groups is 1. The highest BCUT2D eigenvalue weighted by Crippen LogP contribution is 2.40. The molecule has 1 aromatic rings. The van der Waals surface area contributed by atoms with E-state index in [2.05, 4.69) is 0 Å². The summed E-state index contributed by atoms with van der Waals surface area (Å²) >= 11 is 1.47. The molecular formula is C24H32N2O3S. The molecule has 1 heterocycles. The molecule has 30 heavy (non-hydrogen) atoms. The number of carbonyl (C=O) groups is 1. The summed E-state index contributed by atoms with van der Waals surface area (Å²) in [5.74, 6) is 0.562. The van der Waals surface area contributed by atoms with Gasteiger partial charge in [-0.15, -0.1) is 0 Å². The van der Waals surface area contributed by atoms with Crippen molar-refractivity contribution in [2.75, 3.05) is 6.61 Å². The van der Waals surface area contributed by atoms with Gasteiger partial charge in [0, 0.05) is 11.6 Å². The third kappa shape index (κ3) is 4.69. The molecular weight excluding hydrogens is 396 g/mol. The van der Waals surface area contributed by atoms with E-state index in [0.29, 0.717) is 28.9 Å². The second-order valence-corrected chi connectivity index (χ2v) is 9.42. The van der Waals surface area contributed by atoms with Crippen LogP contribution in [0.5, 0.6) is 11.5 Å². The van der Waals surface area contributed by atoms with E-state index in [9.17, 15) is 9.90 Å². The summed E-state index contributed by atoms with van der Waals surface area (Å²) < 4.78 is 5.50. The van der Waals surface area contributed by atoms with E-state index in [1.54, 1.807) is 12.1 Å². The van der Waals surface area contributed by atoms with E-state index < -0.39 is 0 Å². The molecule has 3 aliphatic rings. The van der Waals surface area contributed by atoms with Gasteiger partial charge >= 0.3 is 0 Å². The second-order valence-electron chi connectivity index (χ2n) is 8.41. The number of carbonyl (C=O) groups excluding carboxylic acids is 1. The largest absolute Gasteiger partial charge is 0.504 e. The van der Waals surface area contributed by atoms with Gasteiger partial charge in [-0.05, 0) is 56.5 Å². The van der Waals surface area contributed by atoms with Crippen LogP contribution in [0, 0.1) is 0 Å². The third-order valence-electron chi connectivity index (χ3n) is 6.26. The highest BCUT2D eigenvalue weighted by atomic mass is 32.2. The van der Waals surface area contributed by atoms with Crippen molar-refractivity contribution in [3.8, 4) is 11.5 Å². The van der Waals surface area contributed by atoms with Crippen LogP contribution in [0.25, 0.3) is 6.08 Å². The van der Waals surface area contributed by atoms with Gasteiger partial charge in [-0.2, -0.15) is 0 Å². The summed E-state index contributed by atoms with van der Waals surface area (Å²) in [6.45, 7) is 2.37. The number of rotatable bonds is 5. The standard InChI is InChI=1S/C24H32N2O3S/c1-2-29-20-15-9-10-17(22(20)27)16-21-23(28)26(19-13-7-4-8-14-19)24(30-21)25-18-11-5-3-6-12-18/h9-10,15-16,18-19,27H,2-8,11-14H2,1H3. The topological polar surface area (TPSA) is 62.1 Å². The molecule has 4 rings (SSSR count). The first-order valence-electron chi connectivity index (χ1n) is 11.4. The van der Waals surface area contributed by atoms with Gasteiger partial charge in [0.05, 0.1) is 17.6 Å². The first-order valence-corrected chi connectivity index (χ1v) is 12.2. The van der Waals surface area contributed by atoms with Gasteiger partial charge in [0.1, 0.15) is 0 Å². The molecule has 0 atom stereocenters. The van der Waals surface area contributed by atoms with E-state index in [-0.39, 0.29) is 17.7 Å². The molecule has 5 nitrogen and oxygen atoms in total. The number of thioether (sulfide) groups is 1. The molecule has 2 saturated carbocycles. The Labute approximate surface area is 183 Å². The number of amides is 1. The summed E-state index contributed by atoms with van der Waals surface area (Å²) in [6.07, 6.45) is 13.5. The molecule has 0 aromatic heterocycles. The number of nitrogens with zero attached hydrogens (tertiary/aromatic N) is 2. The zero-order valence-corrected chi connectivity index (χ0v) is 18.6. The fourth-order valence-corrected chi connectivity index (χ4v) is 5.77. The average Bonchev–Trinajstić information content (AvgIpc) is 3.07. The van der Waals surface area contributed by atoms with Gasteiger partial charge in [-0.3, -0.25) is 14.7 Å². The highest BCUT2D eigenvalue weighted by molar-refractivity contribution is 8.18. The molecule has 3 fully saturated rings. The number of phenols is 1. The third-order valence-corrected chi connectivity index (χ3v) is 7.26. The number of aromatic hydroxyl groups is 1. The van der Waals surface area contributed by atoms with Gasteiger partial charge < -0.3 is 9.84 Å². The van der Waals surface area contributed by atoms with Crippen molar-refractivity contribution in [2.24, 2.45) is 4.99 Å². The zero-order chi connectivity index (χ0) is 20.9. The Kier molecular flexibility index (Phi) is 7.03. The van der Waals surface area contributed by atoms with Gasteiger partial charge in [0.25, 0.3) is 5.91 Å². The van der Waals surface area contributed by atoms with Crippen LogP contribution in [-0.4, -0.2) is 39.8 Å². The molecule has 1 saturated heterocycles. The van der Waals surface area contributed by atoms with E-state index in [1.165, 1.54) is 50.3 Å². The van der Waals surface area contributed by atoms with E-state index in [4.69, 9.17) is 9.73 Å². The van der Waals surface area contributed by atoms with Gasteiger partial charge in [-0.25, -0.2) is 0 Å². The Hall–Kier alpha value is -1.95. The number of hydrogen-bond acceptors (Lipinski definition) is 5. The summed E-state index contributed by atoms with van der Waals surface area (Å²) in [5.41, 5.74) is 0.610. The van der Waals surface area contributed by atoms with Gasteiger partial charge in [0.15, 0.2) is 16.7 Å². The Morgan fingerprint density at radius 2 is 1.83 bits per heavy atom. The molecule has 0 radical (unpaired) electrons. The lowest BCUT2D eigenvalue weighted by Crippen LogP contribution is -2.41. The number of benzene rings is 1. The Bertz CT molecular complexity index is 824. The Balaban J connectivity index is 1.64. The van der Waals surface area contributed by atoms with E-state index in [1.807, 2.05) is 24.0 Å². The summed E-state index contributed by atoms with van der Waals surface area (Å²) in [6, 6.07) is 5.98. The van der Waals surface area contributed by atoms with Crippen molar-refractivity contribution < 1.29 is 14.6 Å². The van der Waals surface area contributed by atoms with Crippen LogP contribution in [0.2, 0.25) is 0 Å². The van der Waals surface area contributed by atoms with Crippen LogP contribution in [0.4, 0.5) is 0 Å². The minimum absolute atomic E-state index is 0.0303. The fourth-order valence-electron chi connectivity index (χ4n) is 4.67. The van der Waals surface area contributed by atoms with Crippen LogP contribution in [0.1, 0.15) is 76.7 Å². The molecule has 0 bridgehead atoms. The van der Waals surface area contributed by atoms with Crippen LogP contribution in [0.3, 0.4) is 0 Å². The number of para-hydroxylation sites is 1. The molecule has 162 valence electrons. The van der Waals surface area contributed by atoms with Crippen molar-refractivity contribution in [3.05, 3.63) is 28.7 Å². The molecule has 1 N–H and O–H groups in total. The summed E-state index contributed by atoms with van der Waals surface area (Å²) in [4.78, 5) is 21.1. The summed E-state index contributed by atoms with van der Waals surface area (Å²) in [5, 5.41) is 11.4. The van der Waals surface area contributed by atoms with Crippen molar-refractivity contribution in [2.45, 2.75) is 83.2 Å². The number of hydrogen-bond donors (Lipinski definition) is 1. The Morgan fingerprint density at radius 3 is 2.53 bits per heavy atom. The molecule has 1 aliphatic heterocycles. The molecule has 0 spiro atoms. The predicted octanol–water partition coefficient (Wildman–Crippen LogP) is 5.73. The average molecular weight is 429 g/mol. The molecule has 2 aliphatic carbocycles. The SMILES string of the molecule is CCOc1cccc(C=C2SC(=NC3CCCCC3)N(C3CCCCC3)C2=O)c1O. The summed E-state index contributed by atoms with van der Waals surface area (Å²) in [7, 11) is 0. The van der Waals surface area contributed by atoms with E-state index in [0.717, 1.165) is 30.9 Å². The lowest BCUT2D eigenvalue weighted by Gasteiger charge is -2.31. The van der Waals surface area contributed by atoms with Crippen LogP contribution < -0.4 is 4.74 Å². The minimum atomic E-state index is 0.0303. The number of ether oxygens (including phenoxy) is 1. The fraction of sp³-hybridized carbons (Fsp3) is 0.583. The maximum Gasteiger partial charge on any atom is 0.267 e. The Morgan fingerprint density at radius 1 is 1.13 bits per heavy atom. The van der Waals surface area contributed by atoms with Crippen molar-refractivity contribution in [1.29, 1.82) is 0 Å². The lowest BCUT2D eigenvalue weighted by atomic mass is 9.94. The first kappa shape index (κ1) is 21.3. The normalized spacial score (nSPS) is 24.2. The van der Waals surface area contributed by atoms with Crippen molar-refractivity contribution >= 4 is 28.9 Å². The quantitative estimate of drug-likeness (QED) is 0.609. The van der Waals surface area contributed by atoms with Crippen LogP contribution >= 0.6 is 11.8 Å². The molecule has 6 heteroatoms. The first-order chi connectivity index (χ1) is 14.7.